The third kappa shape index (κ3) is 4.85. The van der Waals surface area contributed by atoms with E-state index in [2.05, 4.69) is 32.4 Å². The molecule has 1 aromatic carbocycles. The maximum atomic E-state index is 12.6. The van der Waals surface area contributed by atoms with Crippen LogP contribution < -0.4 is 5.32 Å². The van der Waals surface area contributed by atoms with Gasteiger partial charge < -0.3 is 5.32 Å². The summed E-state index contributed by atoms with van der Waals surface area (Å²) in [6.45, 7) is 0. The molecule has 0 atom stereocenters. The number of benzene rings is 1. The first-order chi connectivity index (χ1) is 14.2. The van der Waals surface area contributed by atoms with Gasteiger partial charge in [-0.1, -0.05) is 41.9 Å². The Morgan fingerprint density at radius 3 is 2.59 bits per heavy atom. The fourth-order valence-electron chi connectivity index (χ4n) is 2.81. The summed E-state index contributed by atoms with van der Waals surface area (Å²) in [6.07, 6.45) is 6.80. The van der Waals surface area contributed by atoms with Gasteiger partial charge in [0.2, 0.25) is 0 Å². The Labute approximate surface area is 177 Å². The molecule has 0 aliphatic rings. The number of amides is 1. The van der Waals surface area contributed by atoms with Crippen molar-refractivity contribution in [1.29, 1.82) is 0 Å². The zero-order chi connectivity index (χ0) is 20.1. The number of hydrogen-bond donors (Lipinski definition) is 1. The van der Waals surface area contributed by atoms with Crippen molar-refractivity contribution < 1.29 is 4.79 Å². The highest BCUT2D eigenvalue weighted by molar-refractivity contribution is 7.17. The third-order valence-electron chi connectivity index (χ3n) is 4.30. The van der Waals surface area contributed by atoms with Crippen molar-refractivity contribution in [2.45, 2.75) is 12.8 Å². The number of nitrogens with one attached hydrogen (secondary N) is 1. The molecule has 0 unspecified atom stereocenters. The van der Waals surface area contributed by atoms with E-state index in [-0.39, 0.29) is 11.1 Å². The van der Waals surface area contributed by atoms with E-state index in [1.165, 1.54) is 16.9 Å². The molecule has 0 aliphatic heterocycles. The number of aryl methyl sites for hydroxylation is 2. The zero-order valence-electron chi connectivity index (χ0n) is 15.4. The Kier molecular flexibility index (Phi) is 5.93. The van der Waals surface area contributed by atoms with Gasteiger partial charge in [-0.25, -0.2) is 4.98 Å². The van der Waals surface area contributed by atoms with Crippen LogP contribution in [0.3, 0.4) is 0 Å². The summed E-state index contributed by atoms with van der Waals surface area (Å²) in [5, 5.41) is 3.67. The Morgan fingerprint density at radius 1 is 1.00 bits per heavy atom. The molecule has 0 spiro atoms. The van der Waals surface area contributed by atoms with Crippen molar-refractivity contribution >= 4 is 34.5 Å². The first-order valence-electron chi connectivity index (χ1n) is 9.06. The van der Waals surface area contributed by atoms with E-state index in [0.29, 0.717) is 15.6 Å². The second kappa shape index (κ2) is 8.94. The smallest absolute Gasteiger partial charge is 0.269 e. The molecular weight excluding hydrogens is 404 g/mol. The standard InChI is InChI=1S/C22H17ClN4OS/c23-20-19(29-22(27-20)16-7-4-12-24-13-16)21(28)26-18-11-10-17(25-14-18)9-8-15-5-2-1-3-6-15/h1-7,10-14H,8-9H2,(H,26,28). The predicted octanol–water partition coefficient (Wildman–Crippen LogP) is 5.29. The number of halogens is 1. The van der Waals surface area contributed by atoms with Gasteiger partial charge in [0.1, 0.15) is 9.88 Å². The number of hydrogen-bond acceptors (Lipinski definition) is 5. The SMILES string of the molecule is O=C(Nc1ccc(CCc2ccccc2)nc1)c1sc(-c2cccnc2)nc1Cl. The lowest BCUT2D eigenvalue weighted by molar-refractivity contribution is 0.103. The second-order valence-electron chi connectivity index (χ2n) is 6.36. The minimum atomic E-state index is -0.304. The molecule has 0 saturated carbocycles. The van der Waals surface area contributed by atoms with Crippen LogP contribution in [-0.2, 0) is 12.8 Å². The first-order valence-corrected chi connectivity index (χ1v) is 10.3. The van der Waals surface area contributed by atoms with Gasteiger partial charge >= 0.3 is 0 Å². The predicted molar refractivity (Wildman–Crippen MR) is 116 cm³/mol. The van der Waals surface area contributed by atoms with Gasteiger partial charge in [-0.15, -0.1) is 11.3 Å². The maximum absolute atomic E-state index is 12.6. The van der Waals surface area contributed by atoms with Gasteiger partial charge in [-0.3, -0.25) is 14.8 Å². The van der Waals surface area contributed by atoms with Crippen LogP contribution in [0.2, 0.25) is 5.15 Å². The fraction of sp³-hybridized carbons (Fsp3) is 0.0909. The highest BCUT2D eigenvalue weighted by Crippen LogP contribution is 2.31. The van der Waals surface area contributed by atoms with Gasteiger partial charge in [0.15, 0.2) is 5.15 Å². The number of carbonyl (C=O) groups excluding carboxylic acids is 1. The Balaban J connectivity index is 1.40. The van der Waals surface area contributed by atoms with E-state index in [1.54, 1.807) is 18.6 Å². The number of anilines is 1. The van der Waals surface area contributed by atoms with Crippen LogP contribution in [0, 0.1) is 0 Å². The average Bonchev–Trinajstić information content (AvgIpc) is 3.16. The summed E-state index contributed by atoms with van der Waals surface area (Å²) >= 11 is 7.42. The van der Waals surface area contributed by atoms with E-state index >= 15 is 0 Å². The van der Waals surface area contributed by atoms with Crippen LogP contribution in [0.1, 0.15) is 20.9 Å². The van der Waals surface area contributed by atoms with E-state index in [1.807, 2.05) is 42.5 Å². The van der Waals surface area contributed by atoms with Crippen LogP contribution in [0.25, 0.3) is 10.6 Å². The minimum absolute atomic E-state index is 0.179. The first kappa shape index (κ1) is 19.2. The van der Waals surface area contributed by atoms with Gasteiger partial charge in [0.05, 0.1) is 11.9 Å². The number of rotatable bonds is 6. The Bertz CT molecular complexity index is 1100. The fourth-order valence-corrected chi connectivity index (χ4v) is 3.98. The lowest BCUT2D eigenvalue weighted by atomic mass is 10.1. The summed E-state index contributed by atoms with van der Waals surface area (Å²) in [5.74, 6) is -0.304. The molecular formula is C22H17ClN4OS. The van der Waals surface area contributed by atoms with Gasteiger partial charge in [0.25, 0.3) is 5.91 Å². The largest absolute Gasteiger partial charge is 0.320 e. The van der Waals surface area contributed by atoms with Crippen LogP contribution in [0.15, 0.2) is 73.2 Å². The quantitative estimate of drug-likeness (QED) is 0.460. The topological polar surface area (TPSA) is 67.8 Å². The number of nitrogens with zero attached hydrogens (tertiary/aromatic N) is 3. The number of thiazole rings is 1. The van der Waals surface area contributed by atoms with Crippen LogP contribution >= 0.6 is 22.9 Å². The van der Waals surface area contributed by atoms with Crippen LogP contribution in [0.5, 0.6) is 0 Å². The average molecular weight is 421 g/mol. The molecule has 144 valence electrons. The lowest BCUT2D eigenvalue weighted by Gasteiger charge is -2.05. The van der Waals surface area contributed by atoms with E-state index in [0.717, 1.165) is 24.1 Å². The summed E-state index contributed by atoms with van der Waals surface area (Å²) in [4.78, 5) is 25.8. The third-order valence-corrected chi connectivity index (χ3v) is 5.78. The molecule has 1 N–H and O–H groups in total. The molecule has 29 heavy (non-hydrogen) atoms. The van der Waals surface area contributed by atoms with E-state index in [4.69, 9.17) is 11.6 Å². The minimum Gasteiger partial charge on any atom is -0.320 e. The second-order valence-corrected chi connectivity index (χ2v) is 7.72. The molecule has 0 radical (unpaired) electrons. The van der Waals surface area contributed by atoms with Crippen LogP contribution in [0.4, 0.5) is 5.69 Å². The van der Waals surface area contributed by atoms with Crippen LogP contribution in [-0.4, -0.2) is 20.9 Å². The Morgan fingerprint density at radius 2 is 1.86 bits per heavy atom. The zero-order valence-corrected chi connectivity index (χ0v) is 17.0. The molecule has 0 aliphatic carbocycles. The molecule has 3 heterocycles. The monoisotopic (exact) mass is 420 g/mol. The molecule has 5 nitrogen and oxygen atoms in total. The molecule has 7 heteroatoms. The lowest BCUT2D eigenvalue weighted by Crippen LogP contribution is -2.11. The number of pyridine rings is 2. The molecule has 0 bridgehead atoms. The molecule has 4 rings (SSSR count). The van der Waals surface area contributed by atoms with Crippen molar-refractivity contribution in [2.75, 3.05) is 5.32 Å². The highest BCUT2D eigenvalue weighted by Gasteiger charge is 2.18. The van der Waals surface area contributed by atoms with E-state index in [9.17, 15) is 4.79 Å². The van der Waals surface area contributed by atoms with Crippen molar-refractivity contribution in [3.05, 3.63) is 94.5 Å². The normalized spacial score (nSPS) is 10.7. The molecule has 3 aromatic heterocycles. The Hall–Kier alpha value is -3.09. The van der Waals surface area contributed by atoms with Gasteiger partial charge in [-0.05, 0) is 42.7 Å². The van der Waals surface area contributed by atoms with Crippen molar-refractivity contribution in [2.24, 2.45) is 0 Å². The van der Waals surface area contributed by atoms with Crippen molar-refractivity contribution in [3.63, 3.8) is 0 Å². The van der Waals surface area contributed by atoms with Crippen molar-refractivity contribution in [3.8, 4) is 10.6 Å². The summed E-state index contributed by atoms with van der Waals surface area (Å²) in [5.41, 5.74) is 3.69. The van der Waals surface area contributed by atoms with Gasteiger partial charge in [0, 0.05) is 23.7 Å². The summed E-state index contributed by atoms with van der Waals surface area (Å²) < 4.78 is 0. The molecule has 0 fully saturated rings. The summed E-state index contributed by atoms with van der Waals surface area (Å²) in [6, 6.07) is 17.7. The molecule has 1 amide bonds. The van der Waals surface area contributed by atoms with E-state index < -0.39 is 0 Å². The van der Waals surface area contributed by atoms with Gasteiger partial charge in [-0.2, -0.15) is 0 Å². The summed E-state index contributed by atoms with van der Waals surface area (Å²) in [7, 11) is 0. The van der Waals surface area contributed by atoms with Crippen molar-refractivity contribution in [1.82, 2.24) is 15.0 Å². The highest BCUT2D eigenvalue weighted by atomic mass is 35.5. The number of carbonyl (C=O) groups is 1. The maximum Gasteiger partial charge on any atom is 0.269 e. The molecule has 4 aromatic rings. The number of aromatic nitrogens is 3. The molecule has 0 saturated heterocycles.